The maximum Gasteiger partial charge on any atom is 0.232 e. The topological polar surface area (TPSA) is 29.5 Å². The van der Waals surface area contributed by atoms with E-state index in [4.69, 9.17) is 4.74 Å². The lowest BCUT2D eigenvalue weighted by atomic mass is 10.2. The molecule has 0 aromatic heterocycles. The van der Waals surface area contributed by atoms with Crippen LogP contribution in [0.15, 0.2) is 24.3 Å². The zero-order valence-corrected chi connectivity index (χ0v) is 12.5. The van der Waals surface area contributed by atoms with Crippen molar-refractivity contribution in [2.75, 3.05) is 25.2 Å². The van der Waals surface area contributed by atoms with Gasteiger partial charge in [0.1, 0.15) is 5.82 Å². The molecule has 20 heavy (non-hydrogen) atoms. The van der Waals surface area contributed by atoms with Gasteiger partial charge in [0.15, 0.2) is 0 Å². The number of rotatable bonds is 6. The van der Waals surface area contributed by atoms with Crippen molar-refractivity contribution >= 4 is 17.7 Å². The van der Waals surface area contributed by atoms with E-state index in [9.17, 15) is 9.18 Å². The first kappa shape index (κ1) is 15.3. The molecule has 5 heteroatoms. The van der Waals surface area contributed by atoms with Crippen LogP contribution in [0.3, 0.4) is 0 Å². The molecule has 1 aromatic carbocycles. The van der Waals surface area contributed by atoms with Gasteiger partial charge in [0.25, 0.3) is 0 Å². The lowest BCUT2D eigenvalue weighted by Crippen LogP contribution is -2.38. The Labute approximate surface area is 123 Å². The van der Waals surface area contributed by atoms with E-state index >= 15 is 0 Å². The maximum atomic E-state index is 13.2. The Morgan fingerprint density at radius 1 is 1.55 bits per heavy atom. The predicted molar refractivity (Wildman–Crippen MR) is 79.2 cm³/mol. The molecule has 0 N–H and O–H groups in total. The summed E-state index contributed by atoms with van der Waals surface area (Å²) in [5.74, 6) is 0.260. The van der Waals surface area contributed by atoms with Crippen LogP contribution in [0.25, 0.3) is 0 Å². The largest absolute Gasteiger partial charge is 0.376 e. The van der Waals surface area contributed by atoms with Crippen LogP contribution in [0.1, 0.15) is 18.4 Å². The first-order valence-corrected chi connectivity index (χ1v) is 8.21. The van der Waals surface area contributed by atoms with Gasteiger partial charge in [-0.2, -0.15) is 11.8 Å². The lowest BCUT2D eigenvalue weighted by molar-refractivity contribution is -0.130. The maximum absolute atomic E-state index is 13.2. The molecule has 0 aliphatic carbocycles. The van der Waals surface area contributed by atoms with Gasteiger partial charge in [0.2, 0.25) is 5.91 Å². The zero-order chi connectivity index (χ0) is 14.4. The van der Waals surface area contributed by atoms with Crippen LogP contribution in [0.4, 0.5) is 4.39 Å². The highest BCUT2D eigenvalue weighted by Crippen LogP contribution is 2.16. The molecule has 1 unspecified atom stereocenters. The number of carbonyl (C=O) groups excluding carboxylic acids is 1. The number of carbonyl (C=O) groups is 1. The van der Waals surface area contributed by atoms with Crippen molar-refractivity contribution in [3.63, 3.8) is 0 Å². The Morgan fingerprint density at radius 3 is 3.05 bits per heavy atom. The van der Waals surface area contributed by atoms with Crippen molar-refractivity contribution in [3.05, 3.63) is 35.6 Å². The summed E-state index contributed by atoms with van der Waals surface area (Å²) in [6.07, 6.45) is 4.07. The van der Waals surface area contributed by atoms with E-state index in [0.717, 1.165) is 25.0 Å². The number of benzene rings is 1. The molecule has 1 aromatic rings. The molecule has 1 atom stereocenters. The average molecular weight is 297 g/mol. The highest BCUT2D eigenvalue weighted by molar-refractivity contribution is 7.99. The van der Waals surface area contributed by atoms with Crippen LogP contribution in [-0.4, -0.2) is 42.1 Å². The molecule has 1 amide bonds. The van der Waals surface area contributed by atoms with Gasteiger partial charge >= 0.3 is 0 Å². The molecule has 110 valence electrons. The standard InChI is InChI=1S/C15H20FNO2S/c1-20-11-15(18)17(10-14-6-3-7-19-14)9-12-4-2-5-13(16)8-12/h2,4-5,8,14H,3,6-7,9-11H2,1H3. The fraction of sp³-hybridized carbons (Fsp3) is 0.533. The Bertz CT molecular complexity index is 449. The van der Waals surface area contributed by atoms with Gasteiger partial charge in [0, 0.05) is 19.7 Å². The third-order valence-electron chi connectivity index (χ3n) is 3.33. The molecule has 0 spiro atoms. The summed E-state index contributed by atoms with van der Waals surface area (Å²) in [5.41, 5.74) is 0.817. The third-order valence-corrected chi connectivity index (χ3v) is 3.87. The molecule has 1 aliphatic heterocycles. The van der Waals surface area contributed by atoms with Crippen molar-refractivity contribution < 1.29 is 13.9 Å². The van der Waals surface area contributed by atoms with Crippen LogP contribution in [-0.2, 0) is 16.1 Å². The minimum atomic E-state index is -0.267. The summed E-state index contributed by atoms with van der Waals surface area (Å²) < 4.78 is 18.8. The normalized spacial score (nSPS) is 18.2. The second-order valence-corrected chi connectivity index (χ2v) is 5.84. The smallest absolute Gasteiger partial charge is 0.232 e. The number of hydrogen-bond donors (Lipinski definition) is 0. The van der Waals surface area contributed by atoms with Gasteiger partial charge in [-0.25, -0.2) is 4.39 Å². The lowest BCUT2D eigenvalue weighted by Gasteiger charge is -2.25. The number of hydrogen-bond acceptors (Lipinski definition) is 3. The summed E-state index contributed by atoms with van der Waals surface area (Å²) in [5, 5.41) is 0. The monoisotopic (exact) mass is 297 g/mol. The van der Waals surface area contributed by atoms with E-state index in [0.29, 0.717) is 18.8 Å². The van der Waals surface area contributed by atoms with E-state index in [1.54, 1.807) is 11.0 Å². The van der Waals surface area contributed by atoms with Crippen LogP contribution in [0, 0.1) is 5.82 Å². The third kappa shape index (κ3) is 4.49. The van der Waals surface area contributed by atoms with Crippen LogP contribution >= 0.6 is 11.8 Å². The van der Waals surface area contributed by atoms with Crippen LogP contribution < -0.4 is 0 Å². The van der Waals surface area contributed by atoms with E-state index < -0.39 is 0 Å². The van der Waals surface area contributed by atoms with Gasteiger partial charge in [-0.15, -0.1) is 0 Å². The molecular formula is C15H20FNO2S. The molecule has 1 aliphatic rings. The summed E-state index contributed by atoms with van der Waals surface area (Å²) in [6, 6.07) is 6.42. The molecule has 0 bridgehead atoms. The van der Waals surface area contributed by atoms with Crippen LogP contribution in [0.5, 0.6) is 0 Å². The second kappa shape index (κ2) is 7.64. The van der Waals surface area contributed by atoms with E-state index in [-0.39, 0.29) is 17.8 Å². The van der Waals surface area contributed by atoms with Gasteiger partial charge in [0.05, 0.1) is 11.9 Å². The predicted octanol–water partition coefficient (Wildman–Crippen LogP) is 2.70. The van der Waals surface area contributed by atoms with Crippen molar-refractivity contribution in [1.29, 1.82) is 0 Å². The quantitative estimate of drug-likeness (QED) is 0.808. The number of nitrogens with zero attached hydrogens (tertiary/aromatic N) is 1. The van der Waals surface area contributed by atoms with E-state index in [1.807, 2.05) is 12.3 Å². The molecule has 0 radical (unpaired) electrons. The molecule has 3 nitrogen and oxygen atoms in total. The second-order valence-electron chi connectivity index (χ2n) is 4.97. The number of halogens is 1. The van der Waals surface area contributed by atoms with E-state index in [2.05, 4.69) is 0 Å². The van der Waals surface area contributed by atoms with Crippen molar-refractivity contribution in [1.82, 2.24) is 4.90 Å². The van der Waals surface area contributed by atoms with Gasteiger partial charge < -0.3 is 9.64 Å². The van der Waals surface area contributed by atoms with Crippen molar-refractivity contribution in [2.45, 2.75) is 25.5 Å². The highest BCUT2D eigenvalue weighted by atomic mass is 32.2. The molecule has 0 saturated carbocycles. The van der Waals surface area contributed by atoms with Gasteiger partial charge in [-0.3, -0.25) is 4.79 Å². The summed E-state index contributed by atoms with van der Waals surface area (Å²) in [7, 11) is 0. The molecule has 1 heterocycles. The van der Waals surface area contributed by atoms with E-state index in [1.165, 1.54) is 23.9 Å². The Kier molecular flexibility index (Phi) is 5.86. The molecule has 2 rings (SSSR count). The molecular weight excluding hydrogens is 277 g/mol. The molecule has 1 saturated heterocycles. The van der Waals surface area contributed by atoms with Crippen molar-refractivity contribution in [3.8, 4) is 0 Å². The first-order chi connectivity index (χ1) is 9.69. The fourth-order valence-electron chi connectivity index (χ4n) is 2.36. The summed E-state index contributed by atoms with van der Waals surface area (Å²) in [4.78, 5) is 14.0. The Hall–Kier alpha value is -1.07. The minimum Gasteiger partial charge on any atom is -0.376 e. The summed E-state index contributed by atoms with van der Waals surface area (Å²) >= 11 is 1.50. The van der Waals surface area contributed by atoms with Crippen molar-refractivity contribution in [2.24, 2.45) is 0 Å². The highest BCUT2D eigenvalue weighted by Gasteiger charge is 2.22. The Morgan fingerprint density at radius 2 is 2.40 bits per heavy atom. The first-order valence-electron chi connectivity index (χ1n) is 6.82. The zero-order valence-electron chi connectivity index (χ0n) is 11.7. The average Bonchev–Trinajstić information content (AvgIpc) is 2.91. The minimum absolute atomic E-state index is 0.0808. The number of thioether (sulfide) groups is 1. The molecule has 1 fully saturated rings. The van der Waals surface area contributed by atoms with Gasteiger partial charge in [-0.1, -0.05) is 12.1 Å². The number of amides is 1. The SMILES string of the molecule is CSCC(=O)N(Cc1cccc(F)c1)CC1CCCO1. The van der Waals surface area contributed by atoms with Crippen LogP contribution in [0.2, 0.25) is 0 Å². The summed E-state index contributed by atoms with van der Waals surface area (Å²) in [6.45, 7) is 1.81. The number of ether oxygens (including phenoxy) is 1. The fourth-order valence-corrected chi connectivity index (χ4v) is 2.79. The van der Waals surface area contributed by atoms with Gasteiger partial charge in [-0.05, 0) is 36.8 Å². The Balaban J connectivity index is 2.02.